The van der Waals surface area contributed by atoms with E-state index in [-0.39, 0.29) is 12.7 Å². The van der Waals surface area contributed by atoms with Gasteiger partial charge in [0.25, 0.3) is 0 Å². The molecule has 0 unspecified atom stereocenters. The Hall–Kier alpha value is -0.610. The minimum Gasteiger partial charge on any atom is -0.462 e. The first-order chi connectivity index (χ1) is 5.07. The summed E-state index contributed by atoms with van der Waals surface area (Å²) in [7, 11) is 1.56. The van der Waals surface area contributed by atoms with E-state index in [4.69, 9.17) is 15.2 Å². The van der Waals surface area contributed by atoms with E-state index < -0.39 is 12.0 Å². The first kappa shape index (κ1) is 10.4. The van der Waals surface area contributed by atoms with E-state index in [1.807, 2.05) is 6.92 Å². The lowest BCUT2D eigenvalue weighted by Crippen LogP contribution is -2.31. The molecule has 0 fully saturated rings. The fourth-order valence-electron chi connectivity index (χ4n) is 0.399. The van der Waals surface area contributed by atoms with Gasteiger partial charge in [-0.2, -0.15) is 0 Å². The van der Waals surface area contributed by atoms with Crippen molar-refractivity contribution in [1.29, 1.82) is 0 Å². The minimum atomic E-state index is -0.556. The van der Waals surface area contributed by atoms with Crippen molar-refractivity contribution >= 4 is 5.97 Å². The second kappa shape index (κ2) is 5.09. The van der Waals surface area contributed by atoms with Gasteiger partial charge in [0.05, 0.1) is 6.10 Å². The second-order valence-electron chi connectivity index (χ2n) is 2.47. The molecule has 0 spiro atoms. The number of esters is 1. The molecular weight excluding hydrogens is 146 g/mol. The third-order valence-electron chi connectivity index (χ3n) is 1.23. The number of hydrogen-bond acceptors (Lipinski definition) is 4. The summed E-state index contributed by atoms with van der Waals surface area (Å²) in [6.07, 6.45) is -0.0716. The summed E-state index contributed by atoms with van der Waals surface area (Å²) < 4.78 is 9.63. The topological polar surface area (TPSA) is 61.5 Å². The SMILES string of the molecule is CO[C@H](C)COC(=O)[C@H](C)N. The zero-order valence-electron chi connectivity index (χ0n) is 7.16. The van der Waals surface area contributed by atoms with E-state index in [2.05, 4.69) is 0 Å². The first-order valence-corrected chi connectivity index (χ1v) is 3.53. The van der Waals surface area contributed by atoms with E-state index in [0.29, 0.717) is 0 Å². The molecule has 0 aromatic carbocycles. The Kier molecular flexibility index (Phi) is 4.81. The van der Waals surface area contributed by atoms with Gasteiger partial charge in [-0.15, -0.1) is 0 Å². The summed E-state index contributed by atoms with van der Waals surface area (Å²) >= 11 is 0. The summed E-state index contributed by atoms with van der Waals surface area (Å²) in [5.41, 5.74) is 5.25. The van der Waals surface area contributed by atoms with Crippen LogP contribution in [0.2, 0.25) is 0 Å². The Bertz CT molecular complexity index is 125. The number of carbonyl (C=O) groups excluding carboxylic acids is 1. The summed E-state index contributed by atoms with van der Waals surface area (Å²) in [5, 5.41) is 0. The third-order valence-corrected chi connectivity index (χ3v) is 1.23. The van der Waals surface area contributed by atoms with Crippen molar-refractivity contribution in [2.45, 2.75) is 26.0 Å². The van der Waals surface area contributed by atoms with Crippen molar-refractivity contribution in [3.8, 4) is 0 Å². The Balaban J connectivity index is 3.46. The molecule has 0 aliphatic carbocycles. The highest BCUT2D eigenvalue weighted by molar-refractivity contribution is 5.74. The summed E-state index contributed by atoms with van der Waals surface area (Å²) in [4.78, 5) is 10.8. The van der Waals surface area contributed by atoms with Crippen molar-refractivity contribution < 1.29 is 14.3 Å². The standard InChI is InChI=1S/C7H15NO3/c1-5(10-3)4-11-7(9)6(2)8/h5-6H,4,8H2,1-3H3/t5-,6+/m1/s1. The van der Waals surface area contributed by atoms with Gasteiger partial charge in [-0.1, -0.05) is 0 Å². The molecule has 2 atom stereocenters. The van der Waals surface area contributed by atoms with Gasteiger partial charge in [0.1, 0.15) is 12.6 Å². The second-order valence-corrected chi connectivity index (χ2v) is 2.47. The first-order valence-electron chi connectivity index (χ1n) is 3.53. The normalized spacial score (nSPS) is 15.6. The van der Waals surface area contributed by atoms with Crippen LogP contribution in [0.3, 0.4) is 0 Å². The third kappa shape index (κ3) is 4.75. The largest absolute Gasteiger partial charge is 0.462 e. The number of hydrogen-bond donors (Lipinski definition) is 1. The predicted octanol–water partition coefficient (Wildman–Crippen LogP) is -0.0883. The van der Waals surface area contributed by atoms with E-state index in [0.717, 1.165) is 0 Å². The molecule has 11 heavy (non-hydrogen) atoms. The van der Waals surface area contributed by atoms with Gasteiger partial charge in [-0.3, -0.25) is 4.79 Å². The highest BCUT2D eigenvalue weighted by atomic mass is 16.6. The maximum atomic E-state index is 10.8. The zero-order chi connectivity index (χ0) is 8.85. The molecule has 66 valence electrons. The lowest BCUT2D eigenvalue weighted by atomic mass is 10.4. The molecule has 0 aromatic rings. The van der Waals surface area contributed by atoms with Crippen molar-refractivity contribution in [1.82, 2.24) is 0 Å². The van der Waals surface area contributed by atoms with E-state index >= 15 is 0 Å². The number of ether oxygens (including phenoxy) is 2. The molecule has 0 heterocycles. The van der Waals surface area contributed by atoms with Crippen LogP contribution in [0, 0.1) is 0 Å². The van der Waals surface area contributed by atoms with Crippen LogP contribution in [-0.2, 0) is 14.3 Å². The smallest absolute Gasteiger partial charge is 0.322 e. The lowest BCUT2D eigenvalue weighted by Gasteiger charge is -2.11. The van der Waals surface area contributed by atoms with Crippen molar-refractivity contribution in [3.63, 3.8) is 0 Å². The molecule has 0 radical (unpaired) electrons. The Morgan fingerprint density at radius 1 is 1.55 bits per heavy atom. The Labute approximate surface area is 66.7 Å². The molecule has 0 saturated carbocycles. The molecule has 0 aromatic heterocycles. The molecular formula is C7H15NO3. The van der Waals surface area contributed by atoms with Crippen molar-refractivity contribution in [2.75, 3.05) is 13.7 Å². The van der Waals surface area contributed by atoms with Crippen LogP contribution in [0.5, 0.6) is 0 Å². The summed E-state index contributed by atoms with van der Waals surface area (Å²) in [6.45, 7) is 3.66. The van der Waals surface area contributed by atoms with Gasteiger partial charge in [0, 0.05) is 7.11 Å². The van der Waals surface area contributed by atoms with Crippen LogP contribution >= 0.6 is 0 Å². The van der Waals surface area contributed by atoms with Crippen LogP contribution in [0.15, 0.2) is 0 Å². The van der Waals surface area contributed by atoms with Gasteiger partial charge >= 0.3 is 5.97 Å². The molecule has 0 aliphatic heterocycles. The molecule has 4 heteroatoms. The maximum Gasteiger partial charge on any atom is 0.322 e. The summed E-state index contributed by atoms with van der Waals surface area (Å²) in [6, 6.07) is -0.556. The average Bonchev–Trinajstić information content (AvgIpc) is 1.99. The quantitative estimate of drug-likeness (QED) is 0.585. The summed E-state index contributed by atoms with van der Waals surface area (Å²) in [5.74, 6) is -0.395. The van der Waals surface area contributed by atoms with Crippen LogP contribution in [0.25, 0.3) is 0 Å². The monoisotopic (exact) mass is 161 g/mol. The number of nitrogens with two attached hydrogens (primary N) is 1. The van der Waals surface area contributed by atoms with Crippen LogP contribution in [0.4, 0.5) is 0 Å². The highest BCUT2D eigenvalue weighted by Gasteiger charge is 2.09. The molecule has 0 saturated heterocycles. The van der Waals surface area contributed by atoms with Crippen LogP contribution in [-0.4, -0.2) is 31.8 Å². The molecule has 2 N–H and O–H groups in total. The van der Waals surface area contributed by atoms with Crippen LogP contribution in [0.1, 0.15) is 13.8 Å². The van der Waals surface area contributed by atoms with Gasteiger partial charge in [-0.25, -0.2) is 0 Å². The highest BCUT2D eigenvalue weighted by Crippen LogP contribution is 1.91. The molecule has 0 aliphatic rings. The van der Waals surface area contributed by atoms with Crippen molar-refractivity contribution in [3.05, 3.63) is 0 Å². The van der Waals surface area contributed by atoms with Gasteiger partial charge in [0.2, 0.25) is 0 Å². The molecule has 0 rings (SSSR count). The lowest BCUT2D eigenvalue weighted by molar-refractivity contribution is -0.147. The van der Waals surface area contributed by atoms with E-state index in [9.17, 15) is 4.79 Å². The molecule has 0 bridgehead atoms. The van der Waals surface area contributed by atoms with Gasteiger partial charge < -0.3 is 15.2 Å². The van der Waals surface area contributed by atoms with E-state index in [1.54, 1.807) is 14.0 Å². The minimum absolute atomic E-state index is 0.0716. The number of methoxy groups -OCH3 is 1. The molecule has 0 amide bonds. The van der Waals surface area contributed by atoms with Gasteiger partial charge in [0.15, 0.2) is 0 Å². The van der Waals surface area contributed by atoms with E-state index in [1.165, 1.54) is 0 Å². The van der Waals surface area contributed by atoms with Crippen molar-refractivity contribution in [2.24, 2.45) is 5.73 Å². The Morgan fingerprint density at radius 3 is 2.45 bits per heavy atom. The Morgan fingerprint density at radius 2 is 2.09 bits per heavy atom. The predicted molar refractivity (Wildman–Crippen MR) is 41.1 cm³/mol. The average molecular weight is 161 g/mol. The fraction of sp³-hybridized carbons (Fsp3) is 0.857. The maximum absolute atomic E-state index is 10.8. The molecule has 4 nitrogen and oxygen atoms in total. The number of carbonyl (C=O) groups is 1. The number of rotatable bonds is 4. The van der Waals surface area contributed by atoms with Crippen LogP contribution < -0.4 is 5.73 Å². The van der Waals surface area contributed by atoms with Gasteiger partial charge in [-0.05, 0) is 13.8 Å². The zero-order valence-corrected chi connectivity index (χ0v) is 7.16. The fourth-order valence-corrected chi connectivity index (χ4v) is 0.399.